The standard InChI is InChI=1S/C18H21NO/c1-4-14-5-7-16(8-6-14)18(20)19-17-11-9-15(10-12-17)13(2)3/h5-13H,4H2,1-3H3,(H,19,20). The number of anilines is 1. The van der Waals surface area contributed by atoms with Crippen LogP contribution < -0.4 is 5.32 Å². The van der Waals surface area contributed by atoms with Gasteiger partial charge < -0.3 is 5.32 Å². The highest BCUT2D eigenvalue weighted by Gasteiger charge is 2.06. The van der Waals surface area contributed by atoms with E-state index in [1.54, 1.807) is 0 Å². The van der Waals surface area contributed by atoms with E-state index in [1.807, 2.05) is 36.4 Å². The second-order valence-electron chi connectivity index (χ2n) is 5.28. The highest BCUT2D eigenvalue weighted by atomic mass is 16.1. The van der Waals surface area contributed by atoms with Gasteiger partial charge in [0.05, 0.1) is 0 Å². The Morgan fingerprint density at radius 2 is 1.60 bits per heavy atom. The van der Waals surface area contributed by atoms with Gasteiger partial charge in [-0.05, 0) is 47.7 Å². The van der Waals surface area contributed by atoms with E-state index in [4.69, 9.17) is 0 Å². The predicted octanol–water partition coefficient (Wildman–Crippen LogP) is 4.62. The lowest BCUT2D eigenvalue weighted by molar-refractivity contribution is 0.102. The molecule has 2 heteroatoms. The number of carbonyl (C=O) groups excluding carboxylic acids is 1. The average molecular weight is 267 g/mol. The van der Waals surface area contributed by atoms with E-state index in [1.165, 1.54) is 11.1 Å². The molecule has 2 rings (SSSR count). The Balaban J connectivity index is 2.06. The van der Waals surface area contributed by atoms with Crippen LogP contribution in [0.4, 0.5) is 5.69 Å². The summed E-state index contributed by atoms with van der Waals surface area (Å²) in [5, 5.41) is 2.92. The zero-order valence-corrected chi connectivity index (χ0v) is 12.3. The first-order valence-corrected chi connectivity index (χ1v) is 7.10. The number of amides is 1. The van der Waals surface area contributed by atoms with Gasteiger partial charge in [-0.2, -0.15) is 0 Å². The number of aryl methyl sites for hydroxylation is 1. The summed E-state index contributed by atoms with van der Waals surface area (Å²) in [6.07, 6.45) is 0.985. The topological polar surface area (TPSA) is 29.1 Å². The molecule has 0 heterocycles. The molecule has 2 aromatic rings. The molecule has 0 saturated carbocycles. The molecular formula is C18H21NO. The monoisotopic (exact) mass is 267 g/mol. The van der Waals surface area contributed by atoms with Crippen molar-refractivity contribution in [2.45, 2.75) is 33.1 Å². The maximum atomic E-state index is 12.1. The SMILES string of the molecule is CCc1ccc(C(=O)Nc2ccc(C(C)C)cc2)cc1. The van der Waals surface area contributed by atoms with Gasteiger partial charge in [0.25, 0.3) is 5.91 Å². The fraction of sp³-hybridized carbons (Fsp3) is 0.278. The smallest absolute Gasteiger partial charge is 0.255 e. The van der Waals surface area contributed by atoms with E-state index < -0.39 is 0 Å². The summed E-state index contributed by atoms with van der Waals surface area (Å²) in [4.78, 5) is 12.1. The molecule has 0 atom stereocenters. The minimum absolute atomic E-state index is 0.0649. The van der Waals surface area contributed by atoms with E-state index in [0.717, 1.165) is 12.1 Å². The van der Waals surface area contributed by atoms with E-state index in [2.05, 4.69) is 38.2 Å². The van der Waals surface area contributed by atoms with Crippen LogP contribution >= 0.6 is 0 Å². The molecule has 0 radical (unpaired) electrons. The Labute approximate surface area is 120 Å². The molecular weight excluding hydrogens is 246 g/mol. The molecule has 2 nitrogen and oxygen atoms in total. The molecule has 0 fully saturated rings. The first kappa shape index (κ1) is 14.3. The van der Waals surface area contributed by atoms with Gasteiger partial charge in [-0.1, -0.05) is 45.0 Å². The summed E-state index contributed by atoms with van der Waals surface area (Å²) < 4.78 is 0. The molecule has 0 aliphatic heterocycles. The lowest BCUT2D eigenvalue weighted by atomic mass is 10.0. The molecule has 0 unspecified atom stereocenters. The second kappa shape index (κ2) is 6.38. The summed E-state index contributed by atoms with van der Waals surface area (Å²) in [5.74, 6) is 0.436. The number of hydrogen-bond acceptors (Lipinski definition) is 1. The van der Waals surface area contributed by atoms with Crippen LogP contribution in [0, 0.1) is 0 Å². The first-order chi connectivity index (χ1) is 9.60. The average Bonchev–Trinajstić information content (AvgIpc) is 2.48. The Hall–Kier alpha value is -2.09. The molecule has 0 aliphatic rings. The van der Waals surface area contributed by atoms with Crippen LogP contribution in [0.2, 0.25) is 0 Å². The van der Waals surface area contributed by atoms with Crippen LogP contribution in [-0.4, -0.2) is 5.91 Å². The Morgan fingerprint density at radius 1 is 1.00 bits per heavy atom. The normalized spacial score (nSPS) is 10.6. The van der Waals surface area contributed by atoms with Gasteiger partial charge in [0.2, 0.25) is 0 Å². The number of nitrogens with one attached hydrogen (secondary N) is 1. The van der Waals surface area contributed by atoms with Crippen molar-refractivity contribution in [1.29, 1.82) is 0 Å². The van der Waals surface area contributed by atoms with Crippen molar-refractivity contribution in [3.05, 3.63) is 65.2 Å². The van der Waals surface area contributed by atoms with Crippen LogP contribution in [0.1, 0.15) is 48.2 Å². The molecule has 1 N–H and O–H groups in total. The fourth-order valence-electron chi connectivity index (χ4n) is 2.05. The maximum Gasteiger partial charge on any atom is 0.255 e. The van der Waals surface area contributed by atoms with Gasteiger partial charge in [-0.15, -0.1) is 0 Å². The van der Waals surface area contributed by atoms with Crippen LogP contribution in [-0.2, 0) is 6.42 Å². The van der Waals surface area contributed by atoms with Gasteiger partial charge in [-0.25, -0.2) is 0 Å². The van der Waals surface area contributed by atoms with E-state index >= 15 is 0 Å². The van der Waals surface area contributed by atoms with Gasteiger partial charge in [0, 0.05) is 11.3 Å². The molecule has 0 spiro atoms. The molecule has 104 valence electrons. The van der Waals surface area contributed by atoms with Crippen molar-refractivity contribution >= 4 is 11.6 Å². The lowest BCUT2D eigenvalue weighted by Gasteiger charge is -2.08. The third-order valence-electron chi connectivity index (χ3n) is 3.46. The summed E-state index contributed by atoms with van der Waals surface area (Å²) in [6, 6.07) is 15.8. The molecule has 1 amide bonds. The van der Waals surface area contributed by atoms with Crippen molar-refractivity contribution in [1.82, 2.24) is 0 Å². The van der Waals surface area contributed by atoms with Gasteiger partial charge in [-0.3, -0.25) is 4.79 Å². The Morgan fingerprint density at radius 3 is 2.10 bits per heavy atom. The third kappa shape index (κ3) is 3.47. The highest BCUT2D eigenvalue weighted by Crippen LogP contribution is 2.17. The molecule has 2 aromatic carbocycles. The third-order valence-corrected chi connectivity index (χ3v) is 3.46. The fourth-order valence-corrected chi connectivity index (χ4v) is 2.05. The second-order valence-corrected chi connectivity index (χ2v) is 5.28. The first-order valence-electron chi connectivity index (χ1n) is 7.10. The van der Waals surface area contributed by atoms with Crippen molar-refractivity contribution in [3.63, 3.8) is 0 Å². The van der Waals surface area contributed by atoms with Crippen molar-refractivity contribution < 1.29 is 4.79 Å². The zero-order valence-electron chi connectivity index (χ0n) is 12.3. The minimum atomic E-state index is -0.0649. The molecule has 0 saturated heterocycles. The van der Waals surface area contributed by atoms with Gasteiger partial charge in [0.15, 0.2) is 0 Å². The highest BCUT2D eigenvalue weighted by molar-refractivity contribution is 6.04. The number of hydrogen-bond donors (Lipinski definition) is 1. The Bertz CT molecular complexity index is 567. The lowest BCUT2D eigenvalue weighted by Crippen LogP contribution is -2.11. The number of benzene rings is 2. The Kier molecular flexibility index (Phi) is 4.57. The van der Waals surface area contributed by atoms with Crippen molar-refractivity contribution in [3.8, 4) is 0 Å². The quantitative estimate of drug-likeness (QED) is 0.860. The minimum Gasteiger partial charge on any atom is -0.322 e. The van der Waals surface area contributed by atoms with Crippen LogP contribution in [0.15, 0.2) is 48.5 Å². The number of carbonyl (C=O) groups is 1. The van der Waals surface area contributed by atoms with E-state index in [0.29, 0.717) is 11.5 Å². The summed E-state index contributed by atoms with van der Waals surface area (Å²) in [7, 11) is 0. The summed E-state index contributed by atoms with van der Waals surface area (Å²) in [6.45, 7) is 6.41. The van der Waals surface area contributed by atoms with Gasteiger partial charge in [0.1, 0.15) is 0 Å². The van der Waals surface area contributed by atoms with Crippen molar-refractivity contribution in [2.75, 3.05) is 5.32 Å². The summed E-state index contributed by atoms with van der Waals surface area (Å²) in [5.41, 5.74) is 4.03. The van der Waals surface area contributed by atoms with E-state index in [-0.39, 0.29) is 5.91 Å². The van der Waals surface area contributed by atoms with Crippen LogP contribution in [0.5, 0.6) is 0 Å². The van der Waals surface area contributed by atoms with Crippen LogP contribution in [0.3, 0.4) is 0 Å². The molecule has 20 heavy (non-hydrogen) atoms. The zero-order chi connectivity index (χ0) is 14.5. The van der Waals surface area contributed by atoms with Crippen molar-refractivity contribution in [2.24, 2.45) is 0 Å². The van der Waals surface area contributed by atoms with Gasteiger partial charge >= 0.3 is 0 Å². The molecule has 0 aliphatic carbocycles. The largest absolute Gasteiger partial charge is 0.322 e. The summed E-state index contributed by atoms with van der Waals surface area (Å²) >= 11 is 0. The molecule has 0 aromatic heterocycles. The van der Waals surface area contributed by atoms with E-state index in [9.17, 15) is 4.79 Å². The predicted molar refractivity (Wildman–Crippen MR) is 84.3 cm³/mol. The number of rotatable bonds is 4. The molecule has 0 bridgehead atoms. The van der Waals surface area contributed by atoms with Crippen LogP contribution in [0.25, 0.3) is 0 Å². The maximum absolute atomic E-state index is 12.1.